The number of carbonyl (C=O) groups is 1. The summed E-state index contributed by atoms with van der Waals surface area (Å²) < 4.78 is 10.5. The maximum absolute atomic E-state index is 11.9. The highest BCUT2D eigenvalue weighted by molar-refractivity contribution is 5.92. The molecule has 0 saturated carbocycles. The van der Waals surface area contributed by atoms with Gasteiger partial charge in [-0.3, -0.25) is 4.79 Å². The van der Waals surface area contributed by atoms with Crippen LogP contribution in [0.15, 0.2) is 42.5 Å². The molecule has 6 nitrogen and oxygen atoms in total. The molecule has 6 heteroatoms. The van der Waals surface area contributed by atoms with E-state index in [0.29, 0.717) is 29.3 Å². The van der Waals surface area contributed by atoms with Crippen molar-refractivity contribution in [3.8, 4) is 17.6 Å². The molecule has 2 N–H and O–H groups in total. The van der Waals surface area contributed by atoms with Crippen molar-refractivity contribution in [2.45, 2.75) is 6.42 Å². The molecular formula is C19H21N3O3. The fourth-order valence-electron chi connectivity index (χ4n) is 2.30. The largest absolute Gasteiger partial charge is 0.493 e. The van der Waals surface area contributed by atoms with Crippen LogP contribution in [0.1, 0.15) is 11.1 Å². The quantitative estimate of drug-likeness (QED) is 0.721. The summed E-state index contributed by atoms with van der Waals surface area (Å²) in [4.78, 5) is 11.9. The number of amides is 1. The number of ether oxygens (including phenoxy) is 2. The Labute approximate surface area is 147 Å². The van der Waals surface area contributed by atoms with Gasteiger partial charge in [0.05, 0.1) is 32.4 Å². The van der Waals surface area contributed by atoms with Gasteiger partial charge in [-0.05, 0) is 54.9 Å². The molecule has 2 aromatic carbocycles. The Hall–Kier alpha value is -3.04. The summed E-state index contributed by atoms with van der Waals surface area (Å²) in [6.45, 7) is 0.879. The van der Waals surface area contributed by atoms with Crippen LogP contribution in [-0.2, 0) is 11.2 Å². The molecule has 0 radical (unpaired) electrons. The summed E-state index contributed by atoms with van der Waals surface area (Å²) >= 11 is 0. The number of anilines is 1. The molecule has 0 unspecified atom stereocenters. The van der Waals surface area contributed by atoms with E-state index in [1.807, 2.05) is 24.3 Å². The minimum atomic E-state index is -0.128. The molecule has 0 aromatic heterocycles. The lowest BCUT2D eigenvalue weighted by Crippen LogP contribution is -2.29. The zero-order valence-corrected chi connectivity index (χ0v) is 14.3. The molecule has 0 bridgehead atoms. The molecule has 0 atom stereocenters. The van der Waals surface area contributed by atoms with Crippen LogP contribution in [0.2, 0.25) is 0 Å². The smallest absolute Gasteiger partial charge is 0.238 e. The molecule has 1 amide bonds. The van der Waals surface area contributed by atoms with Gasteiger partial charge in [-0.2, -0.15) is 5.26 Å². The predicted molar refractivity (Wildman–Crippen MR) is 95.9 cm³/mol. The molecule has 0 heterocycles. The van der Waals surface area contributed by atoms with Crippen molar-refractivity contribution in [1.29, 1.82) is 5.26 Å². The van der Waals surface area contributed by atoms with Gasteiger partial charge in [0.25, 0.3) is 0 Å². The van der Waals surface area contributed by atoms with Gasteiger partial charge in [-0.25, -0.2) is 0 Å². The number of carbonyl (C=O) groups excluding carboxylic acids is 1. The summed E-state index contributed by atoms with van der Waals surface area (Å²) in [5.74, 6) is 1.26. The summed E-state index contributed by atoms with van der Waals surface area (Å²) in [7, 11) is 3.21. The van der Waals surface area contributed by atoms with Gasteiger partial charge in [-0.15, -0.1) is 0 Å². The zero-order valence-electron chi connectivity index (χ0n) is 14.3. The van der Waals surface area contributed by atoms with Crippen LogP contribution in [-0.4, -0.2) is 33.2 Å². The third-order valence-electron chi connectivity index (χ3n) is 3.62. The van der Waals surface area contributed by atoms with E-state index in [9.17, 15) is 4.79 Å². The second kappa shape index (κ2) is 9.30. The third-order valence-corrected chi connectivity index (χ3v) is 3.62. The number of rotatable bonds is 8. The van der Waals surface area contributed by atoms with Crippen LogP contribution < -0.4 is 20.1 Å². The van der Waals surface area contributed by atoms with E-state index in [4.69, 9.17) is 14.7 Å². The molecular weight excluding hydrogens is 318 g/mol. The van der Waals surface area contributed by atoms with Crippen molar-refractivity contribution in [3.63, 3.8) is 0 Å². The Bertz CT molecular complexity index is 751. The fourth-order valence-corrected chi connectivity index (χ4v) is 2.30. The fraction of sp³-hybridized carbons (Fsp3) is 0.263. The first-order chi connectivity index (χ1) is 12.2. The van der Waals surface area contributed by atoms with Gasteiger partial charge < -0.3 is 20.1 Å². The first-order valence-corrected chi connectivity index (χ1v) is 7.88. The Morgan fingerprint density at radius 1 is 1.08 bits per heavy atom. The summed E-state index contributed by atoms with van der Waals surface area (Å²) in [5, 5.41) is 14.6. The second-order valence-corrected chi connectivity index (χ2v) is 5.35. The summed E-state index contributed by atoms with van der Waals surface area (Å²) in [6, 6.07) is 14.6. The van der Waals surface area contributed by atoms with Crippen LogP contribution >= 0.6 is 0 Å². The maximum atomic E-state index is 11.9. The highest BCUT2D eigenvalue weighted by Crippen LogP contribution is 2.27. The predicted octanol–water partition coefficient (Wildman–Crippen LogP) is 2.35. The molecule has 0 aliphatic carbocycles. The number of hydrogen-bond acceptors (Lipinski definition) is 5. The van der Waals surface area contributed by atoms with E-state index in [-0.39, 0.29) is 12.5 Å². The summed E-state index contributed by atoms with van der Waals surface area (Å²) in [6.07, 6.45) is 0.768. The number of hydrogen-bond donors (Lipinski definition) is 2. The molecule has 0 aliphatic rings. The molecule has 0 spiro atoms. The van der Waals surface area contributed by atoms with E-state index in [2.05, 4.69) is 10.6 Å². The Kier molecular flexibility index (Phi) is 6.81. The van der Waals surface area contributed by atoms with Crippen LogP contribution in [0.5, 0.6) is 11.5 Å². The number of benzene rings is 2. The van der Waals surface area contributed by atoms with E-state index in [1.54, 1.807) is 38.5 Å². The van der Waals surface area contributed by atoms with Gasteiger partial charge in [0.15, 0.2) is 11.5 Å². The van der Waals surface area contributed by atoms with E-state index in [0.717, 1.165) is 12.0 Å². The van der Waals surface area contributed by atoms with Gasteiger partial charge in [0, 0.05) is 5.69 Å². The van der Waals surface area contributed by atoms with Crippen molar-refractivity contribution in [3.05, 3.63) is 53.6 Å². The van der Waals surface area contributed by atoms with Gasteiger partial charge in [0.1, 0.15) is 0 Å². The average molecular weight is 339 g/mol. The molecule has 0 saturated heterocycles. The number of nitriles is 1. The minimum absolute atomic E-state index is 0.128. The number of nitrogens with zero attached hydrogens (tertiary/aromatic N) is 1. The van der Waals surface area contributed by atoms with Crippen molar-refractivity contribution in [2.24, 2.45) is 0 Å². The lowest BCUT2D eigenvalue weighted by atomic mass is 10.1. The number of methoxy groups -OCH3 is 2. The average Bonchev–Trinajstić information content (AvgIpc) is 2.65. The minimum Gasteiger partial charge on any atom is -0.493 e. The Balaban J connectivity index is 1.75. The normalized spacial score (nSPS) is 9.96. The van der Waals surface area contributed by atoms with Crippen LogP contribution in [0.3, 0.4) is 0 Å². The molecule has 2 rings (SSSR count). The Morgan fingerprint density at radius 3 is 2.44 bits per heavy atom. The molecule has 0 fully saturated rings. The molecule has 0 aliphatic heterocycles. The highest BCUT2D eigenvalue weighted by atomic mass is 16.5. The van der Waals surface area contributed by atoms with E-state index >= 15 is 0 Å². The van der Waals surface area contributed by atoms with Crippen LogP contribution in [0, 0.1) is 11.3 Å². The lowest BCUT2D eigenvalue weighted by molar-refractivity contribution is -0.115. The lowest BCUT2D eigenvalue weighted by Gasteiger charge is -2.10. The number of nitrogens with one attached hydrogen (secondary N) is 2. The SMILES string of the molecule is COc1ccc(CCNCC(=O)Nc2ccc(C#N)cc2)cc1OC. The topological polar surface area (TPSA) is 83.4 Å². The highest BCUT2D eigenvalue weighted by Gasteiger charge is 2.05. The standard InChI is InChI=1S/C19H21N3O3/c1-24-17-8-5-14(11-18(17)25-2)9-10-21-13-19(23)22-16-6-3-15(12-20)4-7-16/h3-8,11,21H,9-10,13H2,1-2H3,(H,22,23). The van der Waals surface area contributed by atoms with Crippen molar-refractivity contribution >= 4 is 11.6 Å². The Morgan fingerprint density at radius 2 is 1.80 bits per heavy atom. The molecule has 25 heavy (non-hydrogen) atoms. The van der Waals surface area contributed by atoms with Crippen molar-refractivity contribution < 1.29 is 14.3 Å². The van der Waals surface area contributed by atoms with Crippen LogP contribution in [0.4, 0.5) is 5.69 Å². The molecule has 2 aromatic rings. The van der Waals surface area contributed by atoms with Gasteiger partial charge in [0.2, 0.25) is 5.91 Å². The zero-order chi connectivity index (χ0) is 18.1. The third kappa shape index (κ3) is 5.52. The van der Waals surface area contributed by atoms with Crippen LogP contribution in [0.25, 0.3) is 0 Å². The summed E-state index contributed by atoms with van der Waals surface area (Å²) in [5.41, 5.74) is 2.33. The van der Waals surface area contributed by atoms with Crippen molar-refractivity contribution in [2.75, 3.05) is 32.6 Å². The molecule has 130 valence electrons. The first kappa shape index (κ1) is 18.3. The van der Waals surface area contributed by atoms with E-state index in [1.165, 1.54) is 0 Å². The van der Waals surface area contributed by atoms with Gasteiger partial charge in [-0.1, -0.05) is 6.07 Å². The maximum Gasteiger partial charge on any atom is 0.238 e. The monoisotopic (exact) mass is 339 g/mol. The van der Waals surface area contributed by atoms with Gasteiger partial charge >= 0.3 is 0 Å². The van der Waals surface area contributed by atoms with E-state index < -0.39 is 0 Å². The van der Waals surface area contributed by atoms with Crippen molar-refractivity contribution in [1.82, 2.24) is 5.32 Å². The second-order valence-electron chi connectivity index (χ2n) is 5.35. The first-order valence-electron chi connectivity index (χ1n) is 7.88.